The minimum Gasteiger partial charge on any atom is -0.497 e. The van der Waals surface area contributed by atoms with Gasteiger partial charge in [0.1, 0.15) is 17.1 Å². The Kier molecular flexibility index (Phi) is 5.64. The van der Waals surface area contributed by atoms with Crippen LogP contribution in [-0.2, 0) is 0 Å². The van der Waals surface area contributed by atoms with Crippen LogP contribution in [0.15, 0.2) is 45.6 Å². The highest BCUT2D eigenvalue weighted by Crippen LogP contribution is 2.42. The van der Waals surface area contributed by atoms with Gasteiger partial charge in [0.25, 0.3) is 5.91 Å². The van der Waals surface area contributed by atoms with Crippen LogP contribution in [0.1, 0.15) is 27.7 Å². The first-order chi connectivity index (χ1) is 14.8. The summed E-state index contributed by atoms with van der Waals surface area (Å²) >= 11 is 6.12. The van der Waals surface area contributed by atoms with E-state index in [0.717, 1.165) is 0 Å². The third-order valence-corrected chi connectivity index (χ3v) is 5.68. The number of nitrogens with zero attached hydrogens (tertiary/aromatic N) is 2. The van der Waals surface area contributed by atoms with E-state index >= 15 is 0 Å². The van der Waals surface area contributed by atoms with Crippen molar-refractivity contribution in [2.75, 3.05) is 41.4 Å². The number of hydrogen-bond acceptors (Lipinski definition) is 6. The molecular weight excluding hydrogens is 420 g/mol. The predicted octanol–water partition coefficient (Wildman–Crippen LogP) is 3.57. The number of fused-ring (bicyclic) bond motifs is 2. The van der Waals surface area contributed by atoms with Crippen molar-refractivity contribution in [2.24, 2.45) is 0 Å². The molecule has 4 rings (SSSR count). The Hall–Kier alpha value is -3.03. The van der Waals surface area contributed by atoms with Crippen molar-refractivity contribution in [2.45, 2.75) is 6.04 Å². The van der Waals surface area contributed by atoms with Crippen LogP contribution in [-0.4, -0.2) is 57.1 Å². The predicted molar refractivity (Wildman–Crippen MR) is 118 cm³/mol. The summed E-state index contributed by atoms with van der Waals surface area (Å²) < 4.78 is 16.9. The first-order valence-corrected chi connectivity index (χ1v) is 10.2. The number of carbonyl (C=O) groups is 1. The van der Waals surface area contributed by atoms with Gasteiger partial charge in [-0.25, -0.2) is 0 Å². The summed E-state index contributed by atoms with van der Waals surface area (Å²) in [4.78, 5) is 30.6. The normalized spacial score (nSPS) is 15.6. The van der Waals surface area contributed by atoms with E-state index in [4.69, 9.17) is 25.5 Å². The molecule has 1 atom stereocenters. The summed E-state index contributed by atoms with van der Waals surface area (Å²) in [5.74, 6) is 0.860. The van der Waals surface area contributed by atoms with Crippen molar-refractivity contribution >= 4 is 28.5 Å². The Bertz CT molecular complexity index is 1220. The molecule has 2 aromatic carbocycles. The van der Waals surface area contributed by atoms with E-state index in [0.29, 0.717) is 46.1 Å². The SMILES string of the molecule is COc1ccc(OC)c([C@@H]2c3c(oc4ccc(Cl)cc4c3=O)C(=O)N2CCN(C)C)c1. The van der Waals surface area contributed by atoms with Crippen LogP contribution in [0.5, 0.6) is 11.5 Å². The number of likely N-dealkylation sites (N-methyl/N-ethyl adjacent to an activating group) is 1. The van der Waals surface area contributed by atoms with Gasteiger partial charge in [-0.15, -0.1) is 0 Å². The molecule has 162 valence electrons. The molecule has 1 aromatic heterocycles. The number of ether oxygens (including phenoxy) is 2. The fraction of sp³-hybridized carbons (Fsp3) is 0.304. The molecule has 2 heterocycles. The Morgan fingerprint density at radius 2 is 1.87 bits per heavy atom. The van der Waals surface area contributed by atoms with Crippen molar-refractivity contribution in [3.8, 4) is 11.5 Å². The van der Waals surface area contributed by atoms with E-state index in [9.17, 15) is 9.59 Å². The lowest BCUT2D eigenvalue weighted by Crippen LogP contribution is -2.35. The van der Waals surface area contributed by atoms with E-state index in [1.807, 2.05) is 19.0 Å². The second-order valence-corrected chi connectivity index (χ2v) is 8.06. The topological polar surface area (TPSA) is 72.2 Å². The minimum atomic E-state index is -0.674. The summed E-state index contributed by atoms with van der Waals surface area (Å²) in [6.45, 7) is 1.01. The van der Waals surface area contributed by atoms with Crippen molar-refractivity contribution < 1.29 is 18.7 Å². The molecule has 0 saturated heterocycles. The number of carbonyl (C=O) groups excluding carboxylic acids is 1. The minimum absolute atomic E-state index is 0.0495. The molecule has 7 nitrogen and oxygen atoms in total. The smallest absolute Gasteiger partial charge is 0.290 e. The molecule has 3 aromatic rings. The zero-order valence-corrected chi connectivity index (χ0v) is 18.5. The van der Waals surface area contributed by atoms with E-state index in [-0.39, 0.29) is 22.7 Å². The number of rotatable bonds is 6. The second kappa shape index (κ2) is 8.24. The van der Waals surface area contributed by atoms with Crippen LogP contribution in [0.3, 0.4) is 0 Å². The summed E-state index contributed by atoms with van der Waals surface area (Å²) in [5.41, 5.74) is 0.980. The highest BCUT2D eigenvalue weighted by molar-refractivity contribution is 6.31. The van der Waals surface area contributed by atoms with Crippen LogP contribution in [0.2, 0.25) is 5.02 Å². The zero-order valence-electron chi connectivity index (χ0n) is 17.8. The molecule has 0 unspecified atom stereocenters. The van der Waals surface area contributed by atoms with Crippen LogP contribution >= 0.6 is 11.6 Å². The van der Waals surface area contributed by atoms with Gasteiger partial charge in [0.05, 0.1) is 31.2 Å². The second-order valence-electron chi connectivity index (χ2n) is 7.63. The van der Waals surface area contributed by atoms with Crippen molar-refractivity contribution in [3.63, 3.8) is 0 Å². The number of amides is 1. The maximum absolute atomic E-state index is 13.6. The first-order valence-electron chi connectivity index (χ1n) is 9.79. The number of hydrogen-bond donors (Lipinski definition) is 0. The highest BCUT2D eigenvalue weighted by Gasteiger charge is 2.43. The number of methoxy groups -OCH3 is 2. The molecule has 8 heteroatoms. The monoisotopic (exact) mass is 442 g/mol. The Labute approximate surface area is 184 Å². The Morgan fingerprint density at radius 3 is 2.55 bits per heavy atom. The largest absolute Gasteiger partial charge is 0.497 e. The van der Waals surface area contributed by atoms with Gasteiger partial charge in [-0.1, -0.05) is 11.6 Å². The molecule has 1 aliphatic rings. The molecule has 0 aliphatic carbocycles. The third kappa shape index (κ3) is 3.64. The van der Waals surface area contributed by atoms with E-state index < -0.39 is 6.04 Å². The lowest BCUT2D eigenvalue weighted by Gasteiger charge is -2.27. The lowest BCUT2D eigenvalue weighted by molar-refractivity contribution is 0.0715. The molecule has 1 amide bonds. The average molecular weight is 443 g/mol. The van der Waals surface area contributed by atoms with Crippen molar-refractivity contribution in [3.05, 3.63) is 68.5 Å². The number of halogens is 1. The standard InChI is InChI=1S/C23H23ClN2O5/c1-25(2)9-10-26-20(15-12-14(29-3)6-8-17(15)30-4)19-21(27)16-11-13(24)5-7-18(16)31-22(19)23(26)28/h5-8,11-12,20H,9-10H2,1-4H3/t20-/m1/s1. The molecule has 0 radical (unpaired) electrons. The quantitative estimate of drug-likeness (QED) is 0.581. The molecule has 1 aliphatic heterocycles. The molecule has 0 saturated carbocycles. The van der Waals surface area contributed by atoms with Crippen LogP contribution < -0.4 is 14.9 Å². The molecular formula is C23H23ClN2O5. The third-order valence-electron chi connectivity index (χ3n) is 5.45. The fourth-order valence-corrected chi connectivity index (χ4v) is 4.08. The van der Waals surface area contributed by atoms with E-state index in [1.54, 1.807) is 55.5 Å². The molecule has 0 spiro atoms. The zero-order chi connectivity index (χ0) is 22.3. The summed E-state index contributed by atoms with van der Waals surface area (Å²) in [7, 11) is 6.96. The van der Waals surface area contributed by atoms with Gasteiger partial charge in [0, 0.05) is 23.7 Å². The van der Waals surface area contributed by atoms with Gasteiger partial charge in [-0.3, -0.25) is 9.59 Å². The molecule has 0 bridgehead atoms. The molecule has 0 N–H and O–H groups in total. The lowest BCUT2D eigenvalue weighted by atomic mass is 9.97. The summed E-state index contributed by atoms with van der Waals surface area (Å²) in [5, 5.41) is 0.754. The Balaban J connectivity index is 2.00. The van der Waals surface area contributed by atoms with Crippen LogP contribution in [0.4, 0.5) is 0 Å². The fourth-order valence-electron chi connectivity index (χ4n) is 3.91. The van der Waals surface area contributed by atoms with Crippen LogP contribution in [0.25, 0.3) is 11.0 Å². The van der Waals surface area contributed by atoms with Gasteiger partial charge in [0.2, 0.25) is 5.76 Å². The maximum atomic E-state index is 13.6. The van der Waals surface area contributed by atoms with Crippen molar-refractivity contribution in [1.82, 2.24) is 9.80 Å². The van der Waals surface area contributed by atoms with Gasteiger partial charge in [0.15, 0.2) is 5.43 Å². The van der Waals surface area contributed by atoms with E-state index in [1.165, 1.54) is 0 Å². The first kappa shape index (κ1) is 21.2. The number of benzene rings is 2. The van der Waals surface area contributed by atoms with Gasteiger partial charge in [-0.2, -0.15) is 0 Å². The maximum Gasteiger partial charge on any atom is 0.290 e. The van der Waals surface area contributed by atoms with Crippen LogP contribution in [0, 0.1) is 0 Å². The molecule has 31 heavy (non-hydrogen) atoms. The van der Waals surface area contributed by atoms with Crippen molar-refractivity contribution in [1.29, 1.82) is 0 Å². The van der Waals surface area contributed by atoms with Gasteiger partial charge in [-0.05, 0) is 50.5 Å². The van der Waals surface area contributed by atoms with Gasteiger partial charge < -0.3 is 23.7 Å². The summed E-state index contributed by atoms with van der Waals surface area (Å²) in [6.07, 6.45) is 0. The summed E-state index contributed by atoms with van der Waals surface area (Å²) in [6, 6.07) is 9.45. The average Bonchev–Trinajstić information content (AvgIpc) is 3.04. The Morgan fingerprint density at radius 1 is 1.10 bits per heavy atom. The highest BCUT2D eigenvalue weighted by atomic mass is 35.5. The van der Waals surface area contributed by atoms with E-state index in [2.05, 4.69) is 0 Å². The van der Waals surface area contributed by atoms with Gasteiger partial charge >= 0.3 is 0 Å². The molecule has 0 fully saturated rings.